The maximum Gasteiger partial charge on any atom is -0.0809 e. The van der Waals surface area contributed by atoms with Gasteiger partial charge in [0.25, 0.3) is 0 Å². The first-order chi connectivity index (χ1) is 9.70. The van der Waals surface area contributed by atoms with Crippen molar-refractivity contribution in [1.29, 1.82) is 0 Å². The second-order valence-corrected chi connectivity index (χ2v) is 4.47. The maximum atomic E-state index is 2.97. The number of rotatable bonds is 0. The van der Waals surface area contributed by atoms with Gasteiger partial charge in [0.15, 0.2) is 0 Å². The summed E-state index contributed by atoms with van der Waals surface area (Å²) >= 11 is 1.81. The zero-order chi connectivity index (χ0) is 15.2. The summed E-state index contributed by atoms with van der Waals surface area (Å²) in [5, 5.41) is 2.66. The third-order valence-corrected chi connectivity index (χ3v) is 1.99. The van der Waals surface area contributed by atoms with E-state index in [4.69, 9.17) is 0 Å². The average Bonchev–Trinajstić information content (AvgIpc) is 3.15. The fourth-order valence-electron chi connectivity index (χ4n) is 1.31. The van der Waals surface area contributed by atoms with Crippen LogP contribution in [0.4, 0.5) is 0 Å². The first kappa shape index (κ1) is 34.9. The Hall–Kier alpha value is -0.379. The van der Waals surface area contributed by atoms with Crippen LogP contribution >= 0.6 is 24.8 Å². The Morgan fingerprint density at radius 2 is 1.54 bits per heavy atom. The van der Waals surface area contributed by atoms with Crippen LogP contribution in [0.25, 0.3) is 10.8 Å². The summed E-state index contributed by atoms with van der Waals surface area (Å²) in [4.78, 5) is 2.74. The Balaban J connectivity index is -0.0000000713. The van der Waals surface area contributed by atoms with Gasteiger partial charge in [-0.1, -0.05) is 6.07 Å². The van der Waals surface area contributed by atoms with E-state index in [9.17, 15) is 0 Å². The fourth-order valence-corrected chi connectivity index (χ4v) is 1.31. The Bertz CT molecular complexity index is 489. The Labute approximate surface area is 175 Å². The topological polar surface area (TPSA) is 15.8 Å². The van der Waals surface area contributed by atoms with Gasteiger partial charge in [-0.2, -0.15) is 56.6 Å². The molecule has 0 aliphatic carbocycles. The standard InChI is InChI=1S/C9H7.C4H4N.C4H9.2CH3.2ClH.Si.Ti/c1-2-5-9-7-3-6-8(9)4-1;1-2-4-5-3-1;1-4(2)3;;;;;;/h1-7H;1-3,5H;1-3H3;2*1H3;2*1H;;/q5*-1;;;;. The van der Waals surface area contributed by atoms with Crippen LogP contribution in [0.1, 0.15) is 20.8 Å². The largest absolute Gasteiger partial charge is 0.484 e. The van der Waals surface area contributed by atoms with Gasteiger partial charge < -0.3 is 25.8 Å². The molecule has 24 heavy (non-hydrogen) atoms. The molecule has 3 rings (SSSR count). The molecule has 3 aromatic rings. The molecular formula is C19H28Cl2NSiTi-5. The van der Waals surface area contributed by atoms with E-state index in [0.717, 1.165) is 0 Å². The zero-order valence-corrected chi connectivity index (χ0v) is 19.3. The normalized spacial score (nSPS) is 7.12. The van der Waals surface area contributed by atoms with E-state index < -0.39 is 0 Å². The predicted octanol–water partition coefficient (Wildman–Crippen LogP) is 6.36. The summed E-state index contributed by atoms with van der Waals surface area (Å²) in [5.41, 5.74) is 0. The molecule has 0 spiro atoms. The van der Waals surface area contributed by atoms with Crippen molar-refractivity contribution in [3.05, 3.63) is 87.8 Å². The molecule has 2 radical (unpaired) electrons. The summed E-state index contributed by atoms with van der Waals surface area (Å²) < 4.78 is 0. The van der Waals surface area contributed by atoms with Gasteiger partial charge in [0.1, 0.15) is 0 Å². The number of fused-ring (bicyclic) bond motifs is 1. The summed E-state index contributed by atoms with van der Waals surface area (Å²) in [5.74, 6) is 1.42. The van der Waals surface area contributed by atoms with Gasteiger partial charge in [0.05, 0.1) is 0 Å². The van der Waals surface area contributed by atoms with Gasteiger partial charge in [0, 0.05) is 0 Å². The van der Waals surface area contributed by atoms with Crippen LogP contribution in [0.2, 0.25) is 0 Å². The molecule has 0 aliphatic heterocycles. The van der Waals surface area contributed by atoms with Crippen LogP contribution in [-0.2, 0) is 19.2 Å². The first-order valence-corrected chi connectivity index (χ1v) is 9.16. The fraction of sp³-hybridized carbons (Fsp3) is 0.158. The van der Waals surface area contributed by atoms with Gasteiger partial charge in [0.2, 0.25) is 0 Å². The number of hydrogen-bond acceptors (Lipinski definition) is 0. The van der Waals surface area contributed by atoms with Crippen LogP contribution in [0.5, 0.6) is 0 Å². The number of nitrogens with one attached hydrogen (secondary N) is 1. The van der Waals surface area contributed by atoms with Crippen molar-refractivity contribution in [2.75, 3.05) is 0 Å². The molecule has 1 heterocycles. The van der Waals surface area contributed by atoms with Crippen molar-refractivity contribution in [1.82, 2.24) is 4.98 Å². The van der Waals surface area contributed by atoms with Crippen LogP contribution in [0.15, 0.2) is 60.8 Å². The van der Waals surface area contributed by atoms with Crippen LogP contribution < -0.4 is 0 Å². The number of H-pyrrole nitrogens is 1. The van der Waals surface area contributed by atoms with E-state index in [2.05, 4.69) is 82.0 Å². The third kappa shape index (κ3) is 19.7. The van der Waals surface area contributed by atoms with Crippen LogP contribution in [-0.4, -0.2) is 12.6 Å². The van der Waals surface area contributed by atoms with E-state index in [-0.39, 0.29) is 39.7 Å². The Morgan fingerprint density at radius 3 is 1.92 bits per heavy atom. The van der Waals surface area contributed by atoms with Gasteiger partial charge in [-0.25, -0.2) is 0 Å². The van der Waals surface area contributed by atoms with E-state index in [1.54, 1.807) is 19.2 Å². The molecule has 0 unspecified atom stereocenters. The summed E-state index contributed by atoms with van der Waals surface area (Å²) in [6.07, 6.45) is 4.56. The minimum absolute atomic E-state index is 0. The first-order valence-electron chi connectivity index (χ1n) is 6.32. The molecule has 0 aliphatic rings. The van der Waals surface area contributed by atoms with Crippen molar-refractivity contribution in [3.8, 4) is 0 Å². The minimum atomic E-state index is 0. The Kier molecular flexibility index (Phi) is 36.1. The number of aromatic nitrogens is 1. The number of benzene rings is 1. The Morgan fingerprint density at radius 1 is 1.00 bits per heavy atom. The predicted molar refractivity (Wildman–Crippen MR) is 113 cm³/mol. The molecule has 0 saturated carbocycles. The van der Waals surface area contributed by atoms with Crippen molar-refractivity contribution < 1.29 is 19.2 Å². The zero-order valence-electron chi connectivity index (χ0n) is 15.1. The molecule has 0 saturated heterocycles. The van der Waals surface area contributed by atoms with Crippen molar-refractivity contribution in [3.63, 3.8) is 0 Å². The molecular weight excluding hydrogens is 389 g/mol. The van der Waals surface area contributed by atoms with Crippen LogP contribution in [0.3, 0.4) is 0 Å². The second kappa shape index (κ2) is 24.9. The minimum Gasteiger partial charge on any atom is -0.484 e. The number of aromatic amines is 1. The molecule has 0 amide bonds. The summed E-state index contributed by atoms with van der Waals surface area (Å²) in [7, 11) is 2.97. The molecule has 0 fully saturated rings. The molecule has 0 bridgehead atoms. The van der Waals surface area contributed by atoms with Crippen molar-refractivity contribution in [2.24, 2.45) is 0 Å². The molecule has 1 aromatic heterocycles. The molecule has 5 heteroatoms. The molecule has 1 N–H and O–H groups in total. The number of halogens is 2. The van der Waals surface area contributed by atoms with Crippen molar-refractivity contribution in [2.45, 2.75) is 20.8 Å². The quantitative estimate of drug-likeness (QED) is 0.324. The average molecular weight is 417 g/mol. The van der Waals surface area contributed by atoms with Gasteiger partial charge in [-0.05, 0) is 0 Å². The number of hydrogen-bond donors (Lipinski definition) is 1. The van der Waals surface area contributed by atoms with Crippen LogP contribution in [0, 0.1) is 27.0 Å². The second-order valence-electron chi connectivity index (χ2n) is 4.47. The molecule has 1 nitrogen and oxygen atoms in total. The third-order valence-electron chi connectivity index (χ3n) is 1.99. The summed E-state index contributed by atoms with van der Waals surface area (Å²) in [6.45, 7) is 6.25. The van der Waals surface area contributed by atoms with Gasteiger partial charge in [-0.3, -0.25) is 0 Å². The van der Waals surface area contributed by atoms with E-state index >= 15 is 0 Å². The maximum absolute atomic E-state index is 2.97. The molecule has 0 atom stereocenters. The van der Waals surface area contributed by atoms with E-state index in [1.165, 1.54) is 16.7 Å². The monoisotopic (exact) mass is 416 g/mol. The smallest absolute Gasteiger partial charge is 0.0809 e. The van der Waals surface area contributed by atoms with Crippen molar-refractivity contribution >= 4 is 43.2 Å². The van der Waals surface area contributed by atoms with E-state index in [1.807, 2.05) is 18.3 Å². The SMILES string of the molecule is C[C-](C)C.Cl.Cl.[CH3-].[CH3-].[Si]=[Ti].[c-]1ccc[nH]1.c1ccc2[cH-]ccc2c1. The summed E-state index contributed by atoms with van der Waals surface area (Å²) in [6, 6.07) is 18.4. The van der Waals surface area contributed by atoms with Gasteiger partial charge >= 0.3 is 26.8 Å². The van der Waals surface area contributed by atoms with E-state index in [0.29, 0.717) is 0 Å². The molecule has 136 valence electrons. The molecule has 2 aromatic carbocycles. The van der Waals surface area contributed by atoms with Gasteiger partial charge in [-0.15, -0.1) is 60.7 Å².